The van der Waals surface area contributed by atoms with Crippen LogP contribution in [0, 0.1) is 13.8 Å². The number of fused-ring (bicyclic) bond motifs is 1. The van der Waals surface area contributed by atoms with E-state index < -0.39 is 23.5 Å². The Morgan fingerprint density at radius 1 is 1.11 bits per heavy atom. The van der Waals surface area contributed by atoms with Crippen molar-refractivity contribution in [1.82, 2.24) is 4.98 Å². The quantitative estimate of drug-likeness (QED) is 0.366. The predicted octanol–water partition coefficient (Wildman–Crippen LogP) is 5.31. The van der Waals surface area contributed by atoms with Crippen LogP contribution in [0.3, 0.4) is 0 Å². The smallest absolute Gasteiger partial charge is 0.296 e. The first kappa shape index (κ1) is 22.7. The molecule has 1 amide bonds. The number of ketones is 1. The normalized spacial score (nSPS) is 15.8. The van der Waals surface area contributed by atoms with Gasteiger partial charge >= 0.3 is 0 Å². The molecule has 178 valence electrons. The molecule has 5 rings (SSSR count). The molecular weight excluding hydrogens is 468 g/mol. The van der Waals surface area contributed by atoms with Crippen molar-refractivity contribution in [3.8, 4) is 11.5 Å². The number of anilines is 1. The van der Waals surface area contributed by atoms with Crippen LogP contribution in [0.1, 0.15) is 32.7 Å². The average molecular weight is 491 g/mol. The van der Waals surface area contributed by atoms with E-state index >= 15 is 0 Å². The molecule has 2 aromatic carbocycles. The summed E-state index contributed by atoms with van der Waals surface area (Å²) in [7, 11) is 2.98. The van der Waals surface area contributed by atoms with E-state index in [4.69, 9.17) is 13.9 Å². The van der Waals surface area contributed by atoms with E-state index in [2.05, 4.69) is 4.98 Å². The summed E-state index contributed by atoms with van der Waals surface area (Å²) in [5, 5.41) is 12.1. The number of hydrogen-bond donors (Lipinski definition) is 1. The highest BCUT2D eigenvalue weighted by molar-refractivity contribution is 7.15. The summed E-state index contributed by atoms with van der Waals surface area (Å²) < 4.78 is 16.9. The largest absolute Gasteiger partial charge is 0.503 e. The summed E-state index contributed by atoms with van der Waals surface area (Å²) in [6, 6.07) is 13.0. The Hall–Kier alpha value is -4.11. The van der Waals surface area contributed by atoms with Gasteiger partial charge in [0.25, 0.3) is 5.91 Å². The Kier molecular flexibility index (Phi) is 5.56. The lowest BCUT2D eigenvalue weighted by atomic mass is 9.94. The number of rotatable bonds is 6. The molecule has 9 heteroatoms. The van der Waals surface area contributed by atoms with Crippen molar-refractivity contribution < 1.29 is 28.6 Å². The highest BCUT2D eigenvalue weighted by atomic mass is 32.1. The predicted molar refractivity (Wildman–Crippen MR) is 132 cm³/mol. The van der Waals surface area contributed by atoms with Crippen LogP contribution in [0.4, 0.5) is 5.13 Å². The Bertz CT molecular complexity index is 1460. The minimum atomic E-state index is -1.02. The maximum absolute atomic E-state index is 13.8. The second-order valence-corrected chi connectivity index (χ2v) is 9.22. The average Bonchev–Trinajstić information content (AvgIpc) is 3.52. The zero-order chi connectivity index (χ0) is 24.9. The summed E-state index contributed by atoms with van der Waals surface area (Å²) in [6.07, 6.45) is 0. The Morgan fingerprint density at radius 3 is 2.54 bits per heavy atom. The molecule has 1 aliphatic heterocycles. The van der Waals surface area contributed by atoms with Crippen LogP contribution < -0.4 is 14.4 Å². The molecule has 8 nitrogen and oxygen atoms in total. The number of amides is 1. The fraction of sp³-hybridized carbons (Fsp3) is 0.192. The topological polar surface area (TPSA) is 102 Å². The number of carbonyl (C=O) groups is 2. The number of carbonyl (C=O) groups excluding carboxylic acids is 2. The lowest BCUT2D eigenvalue weighted by molar-refractivity contribution is -0.117. The van der Waals surface area contributed by atoms with Crippen molar-refractivity contribution in [3.05, 3.63) is 81.8 Å². The first-order valence-corrected chi connectivity index (χ1v) is 11.6. The van der Waals surface area contributed by atoms with Crippen LogP contribution in [0.5, 0.6) is 11.5 Å². The first-order chi connectivity index (χ1) is 16.8. The molecule has 1 aliphatic rings. The van der Waals surface area contributed by atoms with Gasteiger partial charge < -0.3 is 19.0 Å². The number of hydrogen-bond acceptors (Lipinski definition) is 8. The van der Waals surface area contributed by atoms with Gasteiger partial charge in [-0.05, 0) is 32.0 Å². The molecule has 0 aliphatic carbocycles. The number of aryl methyl sites for hydroxylation is 2. The molecule has 0 radical (unpaired) electrons. The number of aliphatic hydroxyl groups is 1. The maximum Gasteiger partial charge on any atom is 0.296 e. The number of para-hydroxylation sites is 2. The van der Waals surface area contributed by atoms with Crippen molar-refractivity contribution in [2.45, 2.75) is 19.9 Å². The Balaban J connectivity index is 1.73. The van der Waals surface area contributed by atoms with Crippen molar-refractivity contribution >= 4 is 39.1 Å². The summed E-state index contributed by atoms with van der Waals surface area (Å²) in [5.41, 5.74) is 1.63. The van der Waals surface area contributed by atoms with E-state index in [1.807, 2.05) is 26.0 Å². The Morgan fingerprint density at radius 2 is 1.89 bits per heavy atom. The zero-order valence-corrected chi connectivity index (χ0v) is 20.3. The van der Waals surface area contributed by atoms with Crippen molar-refractivity contribution in [1.29, 1.82) is 0 Å². The zero-order valence-electron chi connectivity index (χ0n) is 19.5. The minimum absolute atomic E-state index is 0.0146. The number of ether oxygens (including phenoxy) is 2. The summed E-state index contributed by atoms with van der Waals surface area (Å²) in [5.74, 6) is -1.21. The number of furan rings is 1. The van der Waals surface area contributed by atoms with Gasteiger partial charge in [0.2, 0.25) is 5.78 Å². The molecule has 0 fully saturated rings. The van der Waals surface area contributed by atoms with Gasteiger partial charge in [0.1, 0.15) is 11.6 Å². The molecule has 0 saturated carbocycles. The van der Waals surface area contributed by atoms with Crippen molar-refractivity contribution in [2.24, 2.45) is 0 Å². The van der Waals surface area contributed by atoms with E-state index in [0.717, 1.165) is 16.0 Å². The number of thiazole rings is 1. The molecule has 2 aromatic heterocycles. The second kappa shape index (κ2) is 8.59. The van der Waals surface area contributed by atoms with Crippen molar-refractivity contribution in [3.63, 3.8) is 0 Å². The molecule has 4 aromatic rings. The first-order valence-electron chi connectivity index (χ1n) is 10.8. The molecule has 1 N–H and O–H groups in total. The van der Waals surface area contributed by atoms with Crippen LogP contribution in [-0.4, -0.2) is 36.0 Å². The van der Waals surface area contributed by atoms with Crippen LogP contribution >= 0.6 is 11.3 Å². The van der Waals surface area contributed by atoms with E-state index in [1.54, 1.807) is 36.4 Å². The van der Waals surface area contributed by atoms with Gasteiger partial charge in [-0.25, -0.2) is 4.98 Å². The number of aliphatic hydroxyl groups excluding tert-OH is 1. The maximum atomic E-state index is 13.8. The lowest BCUT2D eigenvalue weighted by Gasteiger charge is -2.26. The number of Topliss-reactive ketones (excluding diaryl/α,β-unsaturated/α-hetero) is 1. The molecule has 1 atom stereocenters. The number of methoxy groups -OCH3 is 2. The van der Waals surface area contributed by atoms with Gasteiger partial charge in [0, 0.05) is 15.8 Å². The van der Waals surface area contributed by atoms with Crippen LogP contribution in [0.25, 0.3) is 11.0 Å². The van der Waals surface area contributed by atoms with E-state index in [9.17, 15) is 14.7 Å². The third-order valence-corrected chi connectivity index (χ3v) is 7.13. The van der Waals surface area contributed by atoms with Gasteiger partial charge in [-0.15, -0.1) is 11.3 Å². The molecule has 1 unspecified atom stereocenters. The molecule has 0 saturated heterocycles. The number of benzene rings is 2. The molecule has 3 heterocycles. The standard InChI is InChI=1S/C26H22N2O6S/c1-13-14(2)35-26(27-13)28-21(16-9-7-11-18(32-3)24(16)33-4)20(23(30)25(28)31)22(29)19-12-15-8-5-6-10-17(15)34-19/h5-12,21,30H,1-4H3. The summed E-state index contributed by atoms with van der Waals surface area (Å²) >= 11 is 1.30. The minimum Gasteiger partial charge on any atom is -0.503 e. The van der Waals surface area contributed by atoms with E-state index in [1.165, 1.54) is 30.5 Å². The molecule has 35 heavy (non-hydrogen) atoms. The number of nitrogens with zero attached hydrogens (tertiary/aromatic N) is 2. The van der Waals surface area contributed by atoms with Crippen LogP contribution in [0.2, 0.25) is 0 Å². The fourth-order valence-corrected chi connectivity index (χ4v) is 5.18. The SMILES string of the molecule is COc1cccc(C2C(C(=O)c3cc4ccccc4o3)=C(O)C(=O)N2c2nc(C)c(C)s2)c1OC. The fourth-order valence-electron chi connectivity index (χ4n) is 4.24. The van der Waals surface area contributed by atoms with Gasteiger partial charge in [0.15, 0.2) is 28.1 Å². The Labute approximate surface area is 205 Å². The molecular formula is C26H22N2O6S. The summed E-state index contributed by atoms with van der Waals surface area (Å²) in [4.78, 5) is 34.0. The highest BCUT2D eigenvalue weighted by Gasteiger charge is 2.48. The summed E-state index contributed by atoms with van der Waals surface area (Å²) in [6.45, 7) is 3.73. The van der Waals surface area contributed by atoms with Gasteiger partial charge in [-0.1, -0.05) is 30.3 Å². The molecule has 0 bridgehead atoms. The van der Waals surface area contributed by atoms with E-state index in [0.29, 0.717) is 27.8 Å². The van der Waals surface area contributed by atoms with Crippen molar-refractivity contribution in [2.75, 3.05) is 19.1 Å². The third-order valence-electron chi connectivity index (χ3n) is 6.05. The third kappa shape index (κ3) is 3.55. The number of aromatic nitrogens is 1. The van der Waals surface area contributed by atoms with Gasteiger partial charge in [-0.3, -0.25) is 14.5 Å². The van der Waals surface area contributed by atoms with Gasteiger partial charge in [-0.2, -0.15) is 0 Å². The highest BCUT2D eigenvalue weighted by Crippen LogP contribution is 2.48. The monoisotopic (exact) mass is 490 g/mol. The van der Waals surface area contributed by atoms with Crippen LogP contribution in [-0.2, 0) is 4.79 Å². The van der Waals surface area contributed by atoms with E-state index in [-0.39, 0.29) is 11.3 Å². The van der Waals surface area contributed by atoms with Crippen LogP contribution in [0.15, 0.2) is 64.3 Å². The van der Waals surface area contributed by atoms with Gasteiger partial charge in [0.05, 0.1) is 25.5 Å². The molecule has 0 spiro atoms. The lowest BCUT2D eigenvalue weighted by Crippen LogP contribution is -2.31. The second-order valence-electron chi connectivity index (χ2n) is 8.04.